The summed E-state index contributed by atoms with van der Waals surface area (Å²) in [4.78, 5) is 0. The van der Waals surface area contributed by atoms with Crippen LogP contribution in [0.15, 0.2) is 10.6 Å². The summed E-state index contributed by atoms with van der Waals surface area (Å²) in [7, 11) is 0. The Bertz CT molecular complexity index is 172. The average molecular weight is 113 g/mol. The summed E-state index contributed by atoms with van der Waals surface area (Å²) in [6, 6.07) is 1.60. The van der Waals surface area contributed by atoms with Crippen molar-refractivity contribution in [2.24, 2.45) is 5.73 Å². The van der Waals surface area contributed by atoms with Gasteiger partial charge in [0.1, 0.15) is 0 Å². The van der Waals surface area contributed by atoms with E-state index in [1.165, 1.54) is 0 Å². The Morgan fingerprint density at radius 1 is 1.75 bits per heavy atom. The molecule has 8 heavy (non-hydrogen) atoms. The van der Waals surface area contributed by atoms with Crippen LogP contribution < -0.4 is 11.5 Å². The van der Waals surface area contributed by atoms with Crippen molar-refractivity contribution in [2.45, 2.75) is 6.54 Å². The minimum absolute atomic E-state index is 0.351. The monoisotopic (exact) mass is 113 g/mol. The second kappa shape index (κ2) is 1.83. The third-order valence-electron chi connectivity index (χ3n) is 0.778. The Morgan fingerprint density at radius 2 is 2.50 bits per heavy atom. The van der Waals surface area contributed by atoms with Crippen molar-refractivity contribution >= 4 is 5.82 Å². The van der Waals surface area contributed by atoms with Gasteiger partial charge in [0.15, 0.2) is 11.6 Å². The van der Waals surface area contributed by atoms with Gasteiger partial charge in [0.05, 0.1) is 6.54 Å². The van der Waals surface area contributed by atoms with E-state index < -0.39 is 0 Å². The van der Waals surface area contributed by atoms with Gasteiger partial charge in [0.2, 0.25) is 0 Å². The van der Waals surface area contributed by atoms with Crippen molar-refractivity contribution in [3.63, 3.8) is 0 Å². The molecule has 1 aromatic heterocycles. The van der Waals surface area contributed by atoms with E-state index in [9.17, 15) is 0 Å². The molecule has 44 valence electrons. The molecule has 0 saturated carbocycles. The molecule has 1 rings (SSSR count). The summed E-state index contributed by atoms with van der Waals surface area (Å²) >= 11 is 0. The second-order valence-corrected chi connectivity index (χ2v) is 1.42. The van der Waals surface area contributed by atoms with E-state index in [1.54, 1.807) is 6.07 Å². The van der Waals surface area contributed by atoms with E-state index in [4.69, 9.17) is 11.5 Å². The number of nitrogen functional groups attached to an aromatic ring is 1. The number of rotatable bonds is 1. The van der Waals surface area contributed by atoms with Crippen LogP contribution in [0.2, 0.25) is 0 Å². The normalized spacial score (nSPS) is 9.62. The number of nitrogens with zero attached hydrogens (tertiary/aromatic N) is 1. The Labute approximate surface area is 46.4 Å². The van der Waals surface area contributed by atoms with Gasteiger partial charge >= 0.3 is 0 Å². The van der Waals surface area contributed by atoms with Crippen molar-refractivity contribution < 1.29 is 4.52 Å². The molecule has 1 heterocycles. The number of aromatic nitrogens is 1. The molecule has 0 spiro atoms. The first-order valence-corrected chi connectivity index (χ1v) is 2.24. The second-order valence-electron chi connectivity index (χ2n) is 1.42. The summed E-state index contributed by atoms with van der Waals surface area (Å²) < 4.78 is 4.61. The van der Waals surface area contributed by atoms with Gasteiger partial charge in [-0.3, -0.25) is 0 Å². The molecular weight excluding hydrogens is 106 g/mol. The molecule has 0 saturated heterocycles. The molecule has 0 aliphatic rings. The fourth-order valence-corrected chi connectivity index (χ4v) is 0.425. The molecule has 0 unspecified atom stereocenters. The highest BCUT2D eigenvalue weighted by Crippen LogP contribution is 2.01. The third-order valence-corrected chi connectivity index (χ3v) is 0.778. The standard InChI is InChI=1S/C4H7N3O/c5-2-3-1-4(6)7-8-3/h1H,2,5H2,(H2,6,7). The molecule has 4 N–H and O–H groups in total. The maximum Gasteiger partial charge on any atom is 0.167 e. The summed E-state index contributed by atoms with van der Waals surface area (Å²) in [6.45, 7) is 0.351. The molecule has 0 bridgehead atoms. The minimum atomic E-state index is 0.351. The molecule has 0 aliphatic heterocycles. The van der Waals surface area contributed by atoms with Gasteiger partial charge in [0, 0.05) is 6.07 Å². The van der Waals surface area contributed by atoms with E-state index in [2.05, 4.69) is 9.68 Å². The zero-order chi connectivity index (χ0) is 5.98. The zero-order valence-corrected chi connectivity index (χ0v) is 4.29. The molecule has 0 atom stereocenters. The minimum Gasteiger partial charge on any atom is -0.381 e. The number of anilines is 1. The Kier molecular flexibility index (Phi) is 1.17. The van der Waals surface area contributed by atoms with Crippen LogP contribution in [0.4, 0.5) is 5.82 Å². The molecule has 4 heteroatoms. The van der Waals surface area contributed by atoms with Crippen molar-refractivity contribution in [2.75, 3.05) is 5.73 Å². The lowest BCUT2D eigenvalue weighted by Gasteiger charge is -1.77. The summed E-state index contributed by atoms with van der Waals surface area (Å²) in [5, 5.41) is 3.41. The van der Waals surface area contributed by atoms with Gasteiger partial charge in [-0.05, 0) is 0 Å². The number of nitrogens with two attached hydrogens (primary N) is 2. The average Bonchev–Trinajstić information content (AvgIpc) is 2.14. The largest absolute Gasteiger partial charge is 0.381 e. The van der Waals surface area contributed by atoms with Crippen molar-refractivity contribution in [1.82, 2.24) is 5.16 Å². The first-order chi connectivity index (χ1) is 3.83. The zero-order valence-electron chi connectivity index (χ0n) is 4.29. The van der Waals surface area contributed by atoms with Gasteiger partial charge < -0.3 is 16.0 Å². The highest BCUT2D eigenvalue weighted by atomic mass is 16.5. The highest BCUT2D eigenvalue weighted by molar-refractivity contribution is 5.26. The van der Waals surface area contributed by atoms with Gasteiger partial charge in [-0.2, -0.15) is 0 Å². The maximum absolute atomic E-state index is 5.19. The van der Waals surface area contributed by atoms with E-state index in [-0.39, 0.29) is 0 Å². The fraction of sp³-hybridized carbons (Fsp3) is 0.250. The molecule has 0 fully saturated rings. The van der Waals surface area contributed by atoms with E-state index in [0.29, 0.717) is 18.1 Å². The predicted molar refractivity (Wildman–Crippen MR) is 28.8 cm³/mol. The van der Waals surface area contributed by atoms with Gasteiger partial charge in [-0.15, -0.1) is 0 Å². The van der Waals surface area contributed by atoms with Crippen LogP contribution in [-0.4, -0.2) is 5.16 Å². The summed E-state index contributed by atoms with van der Waals surface area (Å²) in [5.41, 5.74) is 10.4. The summed E-state index contributed by atoms with van der Waals surface area (Å²) in [6.07, 6.45) is 0. The third kappa shape index (κ3) is 0.788. The lowest BCUT2D eigenvalue weighted by molar-refractivity contribution is 0.387. The van der Waals surface area contributed by atoms with Crippen molar-refractivity contribution in [3.05, 3.63) is 11.8 Å². The van der Waals surface area contributed by atoms with Crippen LogP contribution in [-0.2, 0) is 6.54 Å². The van der Waals surface area contributed by atoms with Crippen LogP contribution in [0.3, 0.4) is 0 Å². The van der Waals surface area contributed by atoms with Gasteiger partial charge in [-0.25, -0.2) is 0 Å². The SMILES string of the molecule is NCc1cc(N)no1. The molecular formula is C4H7N3O. The lowest BCUT2D eigenvalue weighted by atomic mass is 10.4. The Balaban J connectivity index is 2.84. The lowest BCUT2D eigenvalue weighted by Crippen LogP contribution is -1.92. The van der Waals surface area contributed by atoms with Crippen LogP contribution in [0.5, 0.6) is 0 Å². The Hall–Kier alpha value is -1.03. The molecule has 0 aromatic carbocycles. The first-order valence-electron chi connectivity index (χ1n) is 2.24. The van der Waals surface area contributed by atoms with Crippen molar-refractivity contribution in [1.29, 1.82) is 0 Å². The smallest absolute Gasteiger partial charge is 0.167 e. The van der Waals surface area contributed by atoms with Crippen LogP contribution in [0.25, 0.3) is 0 Å². The van der Waals surface area contributed by atoms with E-state index >= 15 is 0 Å². The van der Waals surface area contributed by atoms with Crippen molar-refractivity contribution in [3.8, 4) is 0 Å². The topological polar surface area (TPSA) is 78.1 Å². The van der Waals surface area contributed by atoms with Gasteiger partial charge in [-0.1, -0.05) is 5.16 Å². The van der Waals surface area contributed by atoms with Crippen LogP contribution in [0.1, 0.15) is 5.76 Å². The summed E-state index contributed by atoms with van der Waals surface area (Å²) in [5.74, 6) is 0.993. The van der Waals surface area contributed by atoms with E-state index in [1.807, 2.05) is 0 Å². The Morgan fingerprint density at radius 3 is 2.75 bits per heavy atom. The quantitative estimate of drug-likeness (QED) is 0.524. The highest BCUT2D eigenvalue weighted by Gasteiger charge is 1.94. The first kappa shape index (κ1) is 5.11. The molecule has 1 aromatic rings. The molecule has 4 nitrogen and oxygen atoms in total. The van der Waals surface area contributed by atoms with Crippen LogP contribution in [0, 0.1) is 0 Å². The van der Waals surface area contributed by atoms with E-state index in [0.717, 1.165) is 0 Å². The predicted octanol–water partition coefficient (Wildman–Crippen LogP) is -0.285. The molecule has 0 aliphatic carbocycles. The van der Waals surface area contributed by atoms with Crippen LogP contribution >= 0.6 is 0 Å². The number of hydrogen-bond acceptors (Lipinski definition) is 4. The molecule has 0 radical (unpaired) electrons. The van der Waals surface area contributed by atoms with Gasteiger partial charge in [0.25, 0.3) is 0 Å². The fourth-order valence-electron chi connectivity index (χ4n) is 0.425. The number of hydrogen-bond donors (Lipinski definition) is 2. The maximum atomic E-state index is 5.19. The molecule has 0 amide bonds.